The first-order chi connectivity index (χ1) is 12.5. The molecule has 26 heavy (non-hydrogen) atoms. The number of hydrogen-bond donors (Lipinski definition) is 2. The summed E-state index contributed by atoms with van der Waals surface area (Å²) in [6.45, 7) is 4.46. The molecule has 3 rings (SSSR count). The number of para-hydroxylation sites is 1. The van der Waals surface area contributed by atoms with Crippen LogP contribution in [0.25, 0.3) is 22.2 Å². The van der Waals surface area contributed by atoms with Gasteiger partial charge in [0.15, 0.2) is 0 Å². The highest BCUT2D eigenvalue weighted by atomic mass is 32.2. The third-order valence-electron chi connectivity index (χ3n) is 4.64. The Balaban J connectivity index is 1.85. The highest BCUT2D eigenvalue weighted by Gasteiger charge is 2.17. The van der Waals surface area contributed by atoms with Gasteiger partial charge in [0.1, 0.15) is 0 Å². The van der Waals surface area contributed by atoms with Crippen LogP contribution in [0, 0.1) is 6.92 Å². The van der Waals surface area contributed by atoms with Crippen molar-refractivity contribution in [2.75, 3.05) is 6.54 Å². The normalized spacial score (nSPS) is 11.9. The average molecular weight is 371 g/mol. The molecular weight excluding hydrogens is 344 g/mol. The van der Waals surface area contributed by atoms with Crippen molar-refractivity contribution >= 4 is 20.9 Å². The summed E-state index contributed by atoms with van der Waals surface area (Å²) in [5.41, 5.74) is 3.59. The fourth-order valence-corrected chi connectivity index (χ4v) is 4.46. The Morgan fingerprint density at radius 2 is 1.81 bits per heavy atom. The highest BCUT2D eigenvalue weighted by Crippen LogP contribution is 2.27. The lowest BCUT2D eigenvalue weighted by molar-refractivity contribution is 0.573. The number of aromatic nitrogens is 1. The second-order valence-electron chi connectivity index (χ2n) is 6.71. The molecule has 0 saturated carbocycles. The number of benzene rings is 2. The smallest absolute Gasteiger partial charge is 0.240 e. The van der Waals surface area contributed by atoms with Gasteiger partial charge in [0.2, 0.25) is 10.0 Å². The maximum atomic E-state index is 12.7. The SMILES string of the molecule is CCCCCCNS(=O)(=O)c1cc(-c2cc3ccccc3[nH]2)ccc1C. The standard InChI is InChI=1S/C21H26N2O2S/c1-3-4-5-8-13-22-26(24,25)21-15-18(12-11-16(21)2)20-14-17-9-6-7-10-19(17)23-20/h6-7,9-12,14-15,22-23H,3-5,8,13H2,1-2H3. The molecule has 0 bridgehead atoms. The molecule has 0 aliphatic rings. The Kier molecular flexibility index (Phi) is 5.79. The van der Waals surface area contributed by atoms with E-state index in [1.165, 1.54) is 0 Å². The van der Waals surface area contributed by atoms with Crippen molar-refractivity contribution < 1.29 is 8.42 Å². The first-order valence-electron chi connectivity index (χ1n) is 9.19. The van der Waals surface area contributed by atoms with E-state index in [0.717, 1.165) is 53.4 Å². The third kappa shape index (κ3) is 4.17. The average Bonchev–Trinajstić information content (AvgIpc) is 3.06. The van der Waals surface area contributed by atoms with Crippen LogP contribution in [-0.4, -0.2) is 19.9 Å². The van der Waals surface area contributed by atoms with Crippen molar-refractivity contribution in [2.24, 2.45) is 0 Å². The largest absolute Gasteiger partial charge is 0.355 e. The first-order valence-corrected chi connectivity index (χ1v) is 10.7. The van der Waals surface area contributed by atoms with E-state index in [1.807, 2.05) is 43.3 Å². The van der Waals surface area contributed by atoms with E-state index in [1.54, 1.807) is 6.07 Å². The number of aryl methyl sites for hydroxylation is 1. The molecule has 0 radical (unpaired) electrons. The second kappa shape index (κ2) is 8.06. The number of hydrogen-bond acceptors (Lipinski definition) is 2. The van der Waals surface area contributed by atoms with Gasteiger partial charge in [0.05, 0.1) is 4.90 Å². The predicted octanol–water partition coefficient (Wildman–Crippen LogP) is 5.00. The van der Waals surface area contributed by atoms with Crippen molar-refractivity contribution in [1.29, 1.82) is 0 Å². The number of fused-ring (bicyclic) bond motifs is 1. The Morgan fingerprint density at radius 1 is 1.00 bits per heavy atom. The number of rotatable bonds is 8. The zero-order valence-electron chi connectivity index (χ0n) is 15.4. The van der Waals surface area contributed by atoms with Crippen LogP contribution in [0.5, 0.6) is 0 Å². The molecular formula is C21H26N2O2S. The van der Waals surface area contributed by atoms with Gasteiger partial charge in [-0.15, -0.1) is 0 Å². The van der Waals surface area contributed by atoms with Gasteiger partial charge in [-0.2, -0.15) is 0 Å². The van der Waals surface area contributed by atoms with E-state index in [9.17, 15) is 8.42 Å². The van der Waals surface area contributed by atoms with Crippen molar-refractivity contribution in [1.82, 2.24) is 9.71 Å². The van der Waals surface area contributed by atoms with Crippen LogP contribution in [0.15, 0.2) is 53.4 Å². The van der Waals surface area contributed by atoms with Gasteiger partial charge >= 0.3 is 0 Å². The van der Waals surface area contributed by atoms with Crippen molar-refractivity contribution in [3.63, 3.8) is 0 Å². The molecule has 0 aliphatic carbocycles. The van der Waals surface area contributed by atoms with Gasteiger partial charge in [-0.3, -0.25) is 0 Å². The van der Waals surface area contributed by atoms with Crippen molar-refractivity contribution in [3.05, 3.63) is 54.1 Å². The molecule has 2 N–H and O–H groups in total. The van der Waals surface area contributed by atoms with E-state index < -0.39 is 10.0 Å². The van der Waals surface area contributed by atoms with E-state index in [0.29, 0.717) is 11.4 Å². The summed E-state index contributed by atoms with van der Waals surface area (Å²) in [7, 11) is -3.50. The Labute approximate surface area is 155 Å². The van der Waals surface area contributed by atoms with Crippen molar-refractivity contribution in [2.45, 2.75) is 44.4 Å². The summed E-state index contributed by atoms with van der Waals surface area (Å²) in [5, 5.41) is 1.11. The van der Waals surface area contributed by atoms with Crippen LogP contribution >= 0.6 is 0 Å². The topological polar surface area (TPSA) is 62.0 Å². The molecule has 0 unspecified atom stereocenters. The minimum atomic E-state index is -3.50. The minimum Gasteiger partial charge on any atom is -0.355 e. The molecule has 4 nitrogen and oxygen atoms in total. The van der Waals surface area contributed by atoms with Gasteiger partial charge in [0.25, 0.3) is 0 Å². The third-order valence-corrected chi connectivity index (χ3v) is 6.24. The maximum Gasteiger partial charge on any atom is 0.240 e. The Bertz CT molecular complexity index is 957. The maximum absolute atomic E-state index is 12.7. The molecule has 0 amide bonds. The summed E-state index contributed by atoms with van der Waals surface area (Å²) in [6, 6.07) is 15.7. The fourth-order valence-electron chi connectivity index (χ4n) is 3.12. The molecule has 1 heterocycles. The van der Waals surface area contributed by atoms with E-state index >= 15 is 0 Å². The second-order valence-corrected chi connectivity index (χ2v) is 8.44. The molecule has 3 aromatic rings. The molecule has 5 heteroatoms. The molecule has 1 aromatic heterocycles. The Hall–Kier alpha value is -2.11. The molecule has 0 fully saturated rings. The minimum absolute atomic E-state index is 0.351. The van der Waals surface area contributed by atoms with Crippen molar-refractivity contribution in [3.8, 4) is 11.3 Å². The van der Waals surface area contributed by atoms with Gasteiger partial charge in [0, 0.05) is 23.1 Å². The number of aromatic amines is 1. The van der Waals surface area contributed by atoms with Crippen LogP contribution in [0.3, 0.4) is 0 Å². The van der Waals surface area contributed by atoms with Crippen LogP contribution in [0.1, 0.15) is 38.2 Å². The van der Waals surface area contributed by atoms with E-state index in [4.69, 9.17) is 0 Å². The monoisotopic (exact) mass is 370 g/mol. The van der Waals surface area contributed by atoms with Gasteiger partial charge in [-0.25, -0.2) is 13.1 Å². The molecule has 138 valence electrons. The number of H-pyrrole nitrogens is 1. The lowest BCUT2D eigenvalue weighted by atomic mass is 10.1. The molecule has 0 saturated heterocycles. The lowest BCUT2D eigenvalue weighted by Crippen LogP contribution is -2.25. The summed E-state index contributed by atoms with van der Waals surface area (Å²) in [5.74, 6) is 0. The van der Waals surface area contributed by atoms with Crippen LogP contribution < -0.4 is 4.72 Å². The van der Waals surface area contributed by atoms with Gasteiger partial charge < -0.3 is 4.98 Å². The first kappa shape index (κ1) is 18.7. The molecule has 0 aliphatic heterocycles. The molecule has 0 spiro atoms. The highest BCUT2D eigenvalue weighted by molar-refractivity contribution is 7.89. The quantitative estimate of drug-likeness (QED) is 0.548. The van der Waals surface area contributed by atoms with Gasteiger partial charge in [-0.05, 0) is 42.7 Å². The fraction of sp³-hybridized carbons (Fsp3) is 0.333. The predicted molar refractivity (Wildman–Crippen MR) is 108 cm³/mol. The van der Waals surface area contributed by atoms with E-state index in [-0.39, 0.29) is 0 Å². The number of nitrogens with one attached hydrogen (secondary N) is 2. The zero-order valence-corrected chi connectivity index (χ0v) is 16.2. The lowest BCUT2D eigenvalue weighted by Gasteiger charge is -2.11. The molecule has 0 atom stereocenters. The molecule has 2 aromatic carbocycles. The summed E-state index contributed by atoms with van der Waals surface area (Å²) in [4.78, 5) is 3.71. The summed E-state index contributed by atoms with van der Waals surface area (Å²) in [6.07, 6.45) is 4.19. The summed E-state index contributed by atoms with van der Waals surface area (Å²) >= 11 is 0. The van der Waals surface area contributed by atoms with Crippen LogP contribution in [0.2, 0.25) is 0 Å². The summed E-state index contributed by atoms with van der Waals surface area (Å²) < 4.78 is 28.2. The zero-order chi connectivity index (χ0) is 18.6. The van der Waals surface area contributed by atoms with Crippen LogP contribution in [-0.2, 0) is 10.0 Å². The number of sulfonamides is 1. The van der Waals surface area contributed by atoms with E-state index in [2.05, 4.69) is 22.7 Å². The Morgan fingerprint density at radius 3 is 2.58 bits per heavy atom. The number of unbranched alkanes of at least 4 members (excludes halogenated alkanes) is 3. The van der Waals surface area contributed by atoms with Crippen LogP contribution in [0.4, 0.5) is 0 Å². The van der Waals surface area contributed by atoms with Gasteiger partial charge in [-0.1, -0.05) is 56.5 Å².